The van der Waals surface area contributed by atoms with E-state index in [0.29, 0.717) is 0 Å². The fraction of sp³-hybridized carbons (Fsp3) is 0. The summed E-state index contributed by atoms with van der Waals surface area (Å²) < 4.78 is 2.05. The molecule has 0 aliphatic heterocycles. The third-order valence-electron chi connectivity index (χ3n) is 1.50. The van der Waals surface area contributed by atoms with Gasteiger partial charge in [0.2, 0.25) is 0 Å². The predicted octanol–water partition coefficient (Wildman–Crippen LogP) is 3.48. The minimum atomic E-state index is 0.109. The van der Waals surface area contributed by atoms with Crippen molar-refractivity contribution in [2.45, 2.75) is 0 Å². The molecule has 1 aromatic rings. The summed E-state index contributed by atoms with van der Waals surface area (Å²) >= 11 is 5.57. The highest BCUT2D eigenvalue weighted by Gasteiger charge is 1.98. The van der Waals surface area contributed by atoms with Crippen LogP contribution in [-0.4, -0.2) is 0 Å². The molecule has 4 heteroatoms. The highest BCUT2D eigenvalue weighted by atomic mass is 127. The molecule has 0 atom stereocenters. The molecule has 0 N–H and O–H groups in total. The van der Waals surface area contributed by atoms with Gasteiger partial charge in [-0.15, -0.1) is 0 Å². The molecule has 0 aromatic heterocycles. The fourth-order valence-electron chi connectivity index (χ4n) is 0.858. The van der Waals surface area contributed by atoms with Crippen molar-refractivity contribution >= 4 is 44.6 Å². The van der Waals surface area contributed by atoms with Crippen LogP contribution in [0, 0.1) is 26.2 Å². The van der Waals surface area contributed by atoms with Gasteiger partial charge in [-0.1, -0.05) is 6.07 Å². The number of rotatable bonds is 1. The number of nitriles is 2. The Kier molecular flexibility index (Phi) is 4.12. The number of nitrogens with zero attached hydrogens (tertiary/aromatic N) is 2. The Balaban J connectivity index is 3.13. The van der Waals surface area contributed by atoms with Crippen LogP contribution in [0.1, 0.15) is 5.56 Å². The van der Waals surface area contributed by atoms with E-state index in [1.54, 1.807) is 6.08 Å². The van der Waals surface area contributed by atoms with Crippen molar-refractivity contribution in [3.05, 3.63) is 37.4 Å². The first-order chi connectivity index (χ1) is 6.67. The lowest BCUT2D eigenvalue weighted by molar-refractivity contribution is 1.47. The van der Waals surface area contributed by atoms with Gasteiger partial charge in [0.05, 0.1) is 0 Å². The number of halogens is 2. The van der Waals surface area contributed by atoms with Crippen LogP contribution in [0.15, 0.2) is 28.2 Å². The topological polar surface area (TPSA) is 47.6 Å². The minimum absolute atomic E-state index is 0.109. The Labute approximate surface area is 104 Å². The van der Waals surface area contributed by atoms with Gasteiger partial charge in [-0.25, -0.2) is 0 Å². The van der Waals surface area contributed by atoms with E-state index in [4.69, 9.17) is 10.5 Å². The molecule has 0 saturated carbocycles. The van der Waals surface area contributed by atoms with E-state index in [0.717, 1.165) is 13.6 Å². The summed E-state index contributed by atoms with van der Waals surface area (Å²) in [5.74, 6) is 0. The SMILES string of the molecule is N#CC(C#N)=Cc1ccc(I)c(Br)c1. The van der Waals surface area contributed by atoms with Crippen LogP contribution in [-0.2, 0) is 0 Å². The molecule has 0 heterocycles. The van der Waals surface area contributed by atoms with Crippen molar-refractivity contribution in [2.75, 3.05) is 0 Å². The Morgan fingerprint density at radius 3 is 2.50 bits per heavy atom. The Hall–Kier alpha value is -0.850. The molecular weight excluding hydrogens is 355 g/mol. The zero-order valence-corrected chi connectivity index (χ0v) is 10.7. The summed E-state index contributed by atoms with van der Waals surface area (Å²) in [5.41, 5.74) is 0.952. The highest BCUT2D eigenvalue weighted by molar-refractivity contribution is 14.1. The third kappa shape index (κ3) is 2.83. The van der Waals surface area contributed by atoms with Crippen LogP contribution in [0.3, 0.4) is 0 Å². The van der Waals surface area contributed by atoms with Crippen molar-refractivity contribution in [3.63, 3.8) is 0 Å². The van der Waals surface area contributed by atoms with Crippen LogP contribution in [0.5, 0.6) is 0 Å². The lowest BCUT2D eigenvalue weighted by Crippen LogP contribution is -1.79. The van der Waals surface area contributed by atoms with E-state index in [2.05, 4.69) is 38.5 Å². The lowest BCUT2D eigenvalue weighted by Gasteiger charge is -1.97. The van der Waals surface area contributed by atoms with E-state index < -0.39 is 0 Å². The Bertz CT molecular complexity index is 450. The third-order valence-corrected chi connectivity index (χ3v) is 3.83. The summed E-state index contributed by atoms with van der Waals surface area (Å²) in [6.07, 6.45) is 1.56. The first kappa shape index (κ1) is 11.2. The molecule has 0 spiro atoms. The van der Waals surface area contributed by atoms with Gasteiger partial charge in [0.15, 0.2) is 0 Å². The van der Waals surface area contributed by atoms with E-state index in [9.17, 15) is 0 Å². The van der Waals surface area contributed by atoms with Crippen molar-refractivity contribution in [1.82, 2.24) is 0 Å². The van der Waals surface area contributed by atoms with E-state index in [1.807, 2.05) is 30.3 Å². The number of hydrogen-bond acceptors (Lipinski definition) is 2. The maximum atomic E-state index is 8.56. The molecule has 1 rings (SSSR count). The standard InChI is InChI=1S/C10H4BrIN2/c11-9-4-7(1-2-10(9)12)3-8(5-13)6-14/h1-4H. The molecular formula is C10H4BrIN2. The summed E-state index contributed by atoms with van der Waals surface area (Å²) in [6, 6.07) is 9.29. The Morgan fingerprint density at radius 2 is 2.00 bits per heavy atom. The summed E-state index contributed by atoms with van der Waals surface area (Å²) in [5, 5.41) is 17.1. The van der Waals surface area contributed by atoms with Crippen LogP contribution in [0.2, 0.25) is 0 Å². The molecule has 0 radical (unpaired) electrons. The maximum Gasteiger partial charge on any atom is 0.130 e. The van der Waals surface area contributed by atoms with Crippen molar-refractivity contribution < 1.29 is 0 Å². The molecule has 0 fully saturated rings. The average molecular weight is 359 g/mol. The molecule has 1 aromatic carbocycles. The number of benzene rings is 1. The van der Waals surface area contributed by atoms with Gasteiger partial charge >= 0.3 is 0 Å². The van der Waals surface area contributed by atoms with Gasteiger partial charge in [0, 0.05) is 8.04 Å². The van der Waals surface area contributed by atoms with Gasteiger partial charge < -0.3 is 0 Å². The van der Waals surface area contributed by atoms with Crippen LogP contribution in [0.4, 0.5) is 0 Å². The second kappa shape index (κ2) is 5.14. The summed E-state index contributed by atoms with van der Waals surface area (Å²) in [7, 11) is 0. The quantitative estimate of drug-likeness (QED) is 0.570. The average Bonchev–Trinajstić information content (AvgIpc) is 2.19. The van der Waals surface area contributed by atoms with E-state index in [1.165, 1.54) is 0 Å². The predicted molar refractivity (Wildman–Crippen MR) is 66.1 cm³/mol. The van der Waals surface area contributed by atoms with Crippen molar-refractivity contribution in [3.8, 4) is 12.1 Å². The zero-order valence-electron chi connectivity index (χ0n) is 6.96. The normalized spacial score (nSPS) is 8.57. The fourth-order valence-corrected chi connectivity index (χ4v) is 1.59. The Morgan fingerprint density at radius 1 is 1.36 bits per heavy atom. The van der Waals surface area contributed by atoms with Crippen molar-refractivity contribution in [2.24, 2.45) is 0 Å². The molecule has 0 amide bonds. The van der Waals surface area contributed by atoms with E-state index in [-0.39, 0.29) is 5.57 Å². The number of hydrogen-bond donors (Lipinski definition) is 0. The molecule has 0 aliphatic rings. The molecule has 68 valence electrons. The molecule has 0 aliphatic carbocycles. The molecule has 14 heavy (non-hydrogen) atoms. The molecule has 0 saturated heterocycles. The second-order valence-electron chi connectivity index (χ2n) is 2.46. The first-order valence-electron chi connectivity index (χ1n) is 3.64. The van der Waals surface area contributed by atoms with Crippen LogP contribution >= 0.6 is 38.5 Å². The zero-order chi connectivity index (χ0) is 10.6. The minimum Gasteiger partial charge on any atom is -0.192 e. The lowest BCUT2D eigenvalue weighted by atomic mass is 10.1. The van der Waals surface area contributed by atoms with Gasteiger partial charge in [-0.3, -0.25) is 0 Å². The molecule has 0 bridgehead atoms. The van der Waals surface area contributed by atoms with Gasteiger partial charge in [0.1, 0.15) is 17.7 Å². The monoisotopic (exact) mass is 358 g/mol. The second-order valence-corrected chi connectivity index (χ2v) is 4.47. The summed E-state index contributed by atoms with van der Waals surface area (Å²) in [6.45, 7) is 0. The van der Waals surface area contributed by atoms with Crippen LogP contribution < -0.4 is 0 Å². The number of allylic oxidation sites excluding steroid dienone is 1. The molecule has 0 unspecified atom stereocenters. The van der Waals surface area contributed by atoms with E-state index >= 15 is 0 Å². The molecule has 2 nitrogen and oxygen atoms in total. The van der Waals surface area contributed by atoms with Gasteiger partial charge in [0.25, 0.3) is 0 Å². The van der Waals surface area contributed by atoms with Gasteiger partial charge in [-0.2, -0.15) is 10.5 Å². The largest absolute Gasteiger partial charge is 0.192 e. The van der Waals surface area contributed by atoms with Gasteiger partial charge in [-0.05, 0) is 62.3 Å². The maximum absolute atomic E-state index is 8.56. The van der Waals surface area contributed by atoms with Crippen LogP contribution in [0.25, 0.3) is 6.08 Å². The first-order valence-corrected chi connectivity index (χ1v) is 5.51. The summed E-state index contributed by atoms with van der Waals surface area (Å²) in [4.78, 5) is 0. The smallest absolute Gasteiger partial charge is 0.130 e. The highest BCUT2D eigenvalue weighted by Crippen LogP contribution is 2.21. The van der Waals surface area contributed by atoms with Crippen molar-refractivity contribution in [1.29, 1.82) is 10.5 Å².